The van der Waals surface area contributed by atoms with Gasteiger partial charge in [-0.15, -0.1) is 0 Å². The molecule has 2 rings (SSSR count). The van der Waals surface area contributed by atoms with Crippen LogP contribution in [0, 0.1) is 23.4 Å². The van der Waals surface area contributed by atoms with Crippen molar-refractivity contribution in [3.63, 3.8) is 0 Å². The predicted molar refractivity (Wildman–Crippen MR) is 57.9 cm³/mol. The minimum Gasteiger partial charge on any atom is -0.388 e. The monoisotopic (exact) mass is 244 g/mol. The summed E-state index contributed by atoms with van der Waals surface area (Å²) < 4.78 is 39.3. The van der Waals surface area contributed by atoms with Crippen LogP contribution in [0.3, 0.4) is 0 Å². The second-order valence-corrected chi connectivity index (χ2v) is 4.63. The highest BCUT2D eigenvalue weighted by molar-refractivity contribution is 5.23. The lowest BCUT2D eigenvalue weighted by Gasteiger charge is -2.27. The average Bonchev–Trinajstić information content (AvgIpc) is 2.34. The number of halogens is 3. The summed E-state index contributed by atoms with van der Waals surface area (Å²) in [4.78, 5) is 0. The van der Waals surface area contributed by atoms with Crippen LogP contribution in [0.25, 0.3) is 0 Å². The van der Waals surface area contributed by atoms with Crippen LogP contribution in [0.15, 0.2) is 12.1 Å². The molecule has 0 unspecified atom stereocenters. The summed E-state index contributed by atoms with van der Waals surface area (Å²) >= 11 is 0. The third kappa shape index (κ3) is 2.63. The predicted octanol–water partition coefficient (Wildman–Crippen LogP) is 3.72. The van der Waals surface area contributed by atoms with E-state index >= 15 is 0 Å². The van der Waals surface area contributed by atoms with Gasteiger partial charge in [-0.25, -0.2) is 13.2 Å². The van der Waals surface area contributed by atoms with Gasteiger partial charge in [0.15, 0.2) is 11.6 Å². The number of aliphatic hydroxyl groups is 1. The van der Waals surface area contributed by atoms with Crippen molar-refractivity contribution >= 4 is 0 Å². The molecule has 1 aliphatic carbocycles. The van der Waals surface area contributed by atoms with E-state index in [0.717, 1.165) is 38.2 Å². The molecule has 1 aromatic carbocycles. The van der Waals surface area contributed by atoms with Crippen LogP contribution in [-0.2, 0) is 0 Å². The summed E-state index contributed by atoms with van der Waals surface area (Å²) in [6, 6.07) is 1.26. The number of aliphatic hydroxyl groups excluding tert-OH is 1. The molecule has 94 valence electrons. The van der Waals surface area contributed by atoms with Crippen LogP contribution in [0.5, 0.6) is 0 Å². The molecule has 1 aromatic rings. The Labute approximate surface area is 98.3 Å². The minimum atomic E-state index is -1.22. The summed E-state index contributed by atoms with van der Waals surface area (Å²) in [6.07, 6.45) is 3.67. The highest BCUT2D eigenvalue weighted by Crippen LogP contribution is 2.35. The Morgan fingerprint density at radius 1 is 0.941 bits per heavy atom. The van der Waals surface area contributed by atoms with Gasteiger partial charge in [0.05, 0.1) is 6.10 Å². The van der Waals surface area contributed by atoms with Crippen molar-refractivity contribution in [1.29, 1.82) is 0 Å². The standard InChI is InChI=1S/C13H15F3O/c14-10-7-12(16)11(15)6-9(10)13(17)8-4-2-1-3-5-8/h6-8,13,17H,1-5H2/t13-/m1/s1. The maximum atomic E-state index is 13.5. The van der Waals surface area contributed by atoms with Crippen molar-refractivity contribution in [3.8, 4) is 0 Å². The van der Waals surface area contributed by atoms with Crippen molar-refractivity contribution < 1.29 is 18.3 Å². The lowest BCUT2D eigenvalue weighted by atomic mass is 9.82. The van der Waals surface area contributed by atoms with Crippen LogP contribution in [-0.4, -0.2) is 5.11 Å². The molecule has 17 heavy (non-hydrogen) atoms. The molecule has 0 bridgehead atoms. The molecule has 1 atom stereocenters. The van der Waals surface area contributed by atoms with E-state index in [1.165, 1.54) is 0 Å². The fraction of sp³-hybridized carbons (Fsp3) is 0.538. The Balaban J connectivity index is 2.23. The van der Waals surface area contributed by atoms with Crippen LogP contribution in [0.1, 0.15) is 43.8 Å². The van der Waals surface area contributed by atoms with E-state index in [-0.39, 0.29) is 11.5 Å². The van der Waals surface area contributed by atoms with Gasteiger partial charge < -0.3 is 5.11 Å². The molecule has 1 nitrogen and oxygen atoms in total. The van der Waals surface area contributed by atoms with E-state index in [1.807, 2.05) is 0 Å². The molecular weight excluding hydrogens is 229 g/mol. The van der Waals surface area contributed by atoms with Crippen LogP contribution < -0.4 is 0 Å². The highest BCUT2D eigenvalue weighted by Gasteiger charge is 2.26. The molecule has 0 aromatic heterocycles. The summed E-state index contributed by atoms with van der Waals surface area (Å²) in [5.41, 5.74) is -0.129. The van der Waals surface area contributed by atoms with Gasteiger partial charge in [-0.3, -0.25) is 0 Å². The molecule has 1 fully saturated rings. The third-order valence-corrected chi connectivity index (χ3v) is 3.45. The van der Waals surface area contributed by atoms with Crippen molar-refractivity contribution in [3.05, 3.63) is 35.1 Å². The highest BCUT2D eigenvalue weighted by atomic mass is 19.2. The zero-order valence-electron chi connectivity index (χ0n) is 9.43. The summed E-state index contributed by atoms with van der Waals surface area (Å²) in [7, 11) is 0. The van der Waals surface area contributed by atoms with Gasteiger partial charge >= 0.3 is 0 Å². The third-order valence-electron chi connectivity index (χ3n) is 3.45. The molecule has 0 spiro atoms. The summed E-state index contributed by atoms with van der Waals surface area (Å²) in [6.45, 7) is 0. The Morgan fingerprint density at radius 3 is 2.18 bits per heavy atom. The smallest absolute Gasteiger partial charge is 0.161 e. The Bertz CT molecular complexity index is 400. The normalized spacial score (nSPS) is 19.3. The molecule has 0 radical (unpaired) electrons. The van der Waals surface area contributed by atoms with E-state index in [4.69, 9.17) is 0 Å². The Hall–Kier alpha value is -1.03. The molecule has 0 aliphatic heterocycles. The molecule has 1 N–H and O–H groups in total. The average molecular weight is 244 g/mol. The number of rotatable bonds is 2. The fourth-order valence-corrected chi connectivity index (χ4v) is 2.47. The molecular formula is C13H15F3O. The molecule has 1 saturated carbocycles. The van der Waals surface area contributed by atoms with Crippen molar-refractivity contribution in [1.82, 2.24) is 0 Å². The van der Waals surface area contributed by atoms with E-state index in [1.54, 1.807) is 0 Å². The van der Waals surface area contributed by atoms with Gasteiger partial charge in [-0.1, -0.05) is 19.3 Å². The van der Waals surface area contributed by atoms with Gasteiger partial charge in [0, 0.05) is 11.6 Å². The number of hydrogen-bond acceptors (Lipinski definition) is 1. The number of benzene rings is 1. The largest absolute Gasteiger partial charge is 0.388 e. The van der Waals surface area contributed by atoms with Gasteiger partial charge in [0.1, 0.15) is 5.82 Å². The van der Waals surface area contributed by atoms with E-state index in [9.17, 15) is 18.3 Å². The lowest BCUT2D eigenvalue weighted by Crippen LogP contribution is -2.17. The fourth-order valence-electron chi connectivity index (χ4n) is 2.47. The molecule has 0 heterocycles. The van der Waals surface area contributed by atoms with Gasteiger partial charge in [-0.05, 0) is 24.8 Å². The quantitative estimate of drug-likeness (QED) is 0.786. The van der Waals surface area contributed by atoms with Crippen LogP contribution in [0.2, 0.25) is 0 Å². The van der Waals surface area contributed by atoms with Gasteiger partial charge in [0.2, 0.25) is 0 Å². The SMILES string of the molecule is O[C@@H](c1cc(F)c(F)cc1F)C1CCCCC1. The van der Waals surface area contributed by atoms with Crippen molar-refractivity contribution in [2.75, 3.05) is 0 Å². The Kier molecular flexibility index (Phi) is 3.72. The summed E-state index contributed by atoms with van der Waals surface area (Å²) in [5, 5.41) is 10.0. The first-order valence-electron chi connectivity index (χ1n) is 5.92. The van der Waals surface area contributed by atoms with Gasteiger partial charge in [-0.2, -0.15) is 0 Å². The van der Waals surface area contributed by atoms with Crippen molar-refractivity contribution in [2.24, 2.45) is 5.92 Å². The molecule has 0 amide bonds. The number of hydrogen-bond donors (Lipinski definition) is 1. The zero-order valence-corrected chi connectivity index (χ0v) is 9.43. The first-order chi connectivity index (χ1) is 8.09. The van der Waals surface area contributed by atoms with Gasteiger partial charge in [0.25, 0.3) is 0 Å². The second-order valence-electron chi connectivity index (χ2n) is 4.63. The maximum absolute atomic E-state index is 13.5. The van der Waals surface area contributed by atoms with Crippen LogP contribution >= 0.6 is 0 Å². The first kappa shape index (κ1) is 12.4. The topological polar surface area (TPSA) is 20.2 Å². The van der Waals surface area contributed by atoms with E-state index in [0.29, 0.717) is 6.07 Å². The molecule has 4 heteroatoms. The summed E-state index contributed by atoms with van der Waals surface area (Å²) in [5.74, 6) is -3.26. The second kappa shape index (κ2) is 5.08. The van der Waals surface area contributed by atoms with Crippen molar-refractivity contribution in [2.45, 2.75) is 38.2 Å². The minimum absolute atomic E-state index is 0.0527. The Morgan fingerprint density at radius 2 is 1.53 bits per heavy atom. The first-order valence-corrected chi connectivity index (χ1v) is 5.92. The zero-order chi connectivity index (χ0) is 12.4. The molecule has 1 aliphatic rings. The van der Waals surface area contributed by atoms with Crippen LogP contribution in [0.4, 0.5) is 13.2 Å². The maximum Gasteiger partial charge on any atom is 0.161 e. The molecule has 0 saturated heterocycles. The van der Waals surface area contributed by atoms with E-state index < -0.39 is 23.6 Å². The lowest BCUT2D eigenvalue weighted by molar-refractivity contribution is 0.0811. The van der Waals surface area contributed by atoms with E-state index in [2.05, 4.69) is 0 Å².